The Morgan fingerprint density at radius 3 is 2.58 bits per heavy atom. The number of carbonyl (C=O) groups is 1. The van der Waals surface area contributed by atoms with Crippen LogP contribution < -0.4 is 5.32 Å². The van der Waals surface area contributed by atoms with Crippen LogP contribution in [-0.2, 0) is 17.6 Å². The monoisotopic (exact) mass is 418 g/mol. The van der Waals surface area contributed by atoms with Gasteiger partial charge < -0.3 is 14.8 Å². The molecular formula is C25H27FN4O. The SMILES string of the molecule is N#CCNC(=O)Cc1ccc2ccn(C3CCN(CCc4ccc(F)cc4)CC3)c2c1. The van der Waals surface area contributed by atoms with Gasteiger partial charge in [-0.2, -0.15) is 5.26 Å². The van der Waals surface area contributed by atoms with E-state index in [2.05, 4.69) is 39.2 Å². The molecule has 0 bridgehead atoms. The fourth-order valence-corrected chi connectivity index (χ4v) is 4.37. The van der Waals surface area contributed by atoms with Crippen molar-refractivity contribution in [2.75, 3.05) is 26.2 Å². The molecular weight excluding hydrogens is 391 g/mol. The number of benzene rings is 2. The lowest BCUT2D eigenvalue weighted by Crippen LogP contribution is -2.35. The van der Waals surface area contributed by atoms with Crippen molar-refractivity contribution in [3.8, 4) is 6.07 Å². The van der Waals surface area contributed by atoms with E-state index in [9.17, 15) is 9.18 Å². The molecule has 0 spiro atoms. The zero-order valence-corrected chi connectivity index (χ0v) is 17.6. The molecule has 1 N–H and O–H groups in total. The fraction of sp³-hybridized carbons (Fsp3) is 0.360. The van der Waals surface area contributed by atoms with E-state index in [1.807, 2.05) is 24.3 Å². The summed E-state index contributed by atoms with van der Waals surface area (Å²) in [5.41, 5.74) is 3.29. The number of halogens is 1. The largest absolute Gasteiger partial charge is 0.344 e. The number of fused-ring (bicyclic) bond motifs is 1. The third-order valence-corrected chi connectivity index (χ3v) is 6.10. The van der Waals surface area contributed by atoms with Crippen molar-refractivity contribution < 1.29 is 9.18 Å². The predicted molar refractivity (Wildman–Crippen MR) is 119 cm³/mol. The molecule has 6 heteroatoms. The third kappa shape index (κ3) is 5.31. The molecule has 0 aliphatic carbocycles. The van der Waals surface area contributed by atoms with Gasteiger partial charge in [0.2, 0.25) is 5.91 Å². The number of hydrogen-bond donors (Lipinski definition) is 1. The molecule has 31 heavy (non-hydrogen) atoms. The van der Waals surface area contributed by atoms with Crippen LogP contribution in [0.1, 0.15) is 30.0 Å². The first-order valence-electron chi connectivity index (χ1n) is 10.8. The number of piperidine rings is 1. The number of nitriles is 1. The van der Waals surface area contributed by atoms with Gasteiger partial charge in [-0.1, -0.05) is 24.3 Å². The maximum absolute atomic E-state index is 13.1. The zero-order chi connectivity index (χ0) is 21.6. The molecule has 1 aliphatic heterocycles. The summed E-state index contributed by atoms with van der Waals surface area (Å²) in [7, 11) is 0. The first-order valence-corrected chi connectivity index (χ1v) is 10.8. The van der Waals surface area contributed by atoms with Crippen molar-refractivity contribution in [2.24, 2.45) is 0 Å². The molecule has 0 unspecified atom stereocenters. The van der Waals surface area contributed by atoms with Gasteiger partial charge in [-0.05, 0) is 60.0 Å². The quantitative estimate of drug-likeness (QED) is 0.593. The van der Waals surface area contributed by atoms with Gasteiger partial charge in [0.25, 0.3) is 0 Å². The van der Waals surface area contributed by atoms with Crippen LogP contribution in [0.2, 0.25) is 0 Å². The Morgan fingerprint density at radius 1 is 1.10 bits per heavy atom. The average molecular weight is 419 g/mol. The minimum Gasteiger partial charge on any atom is -0.344 e. The Labute approximate surface area is 182 Å². The van der Waals surface area contributed by atoms with Crippen molar-refractivity contribution in [3.05, 3.63) is 71.7 Å². The zero-order valence-electron chi connectivity index (χ0n) is 17.6. The second-order valence-electron chi connectivity index (χ2n) is 8.18. The summed E-state index contributed by atoms with van der Waals surface area (Å²) in [5.74, 6) is -0.317. The summed E-state index contributed by atoms with van der Waals surface area (Å²) in [6.45, 7) is 3.12. The van der Waals surface area contributed by atoms with Gasteiger partial charge in [-0.3, -0.25) is 4.79 Å². The van der Waals surface area contributed by atoms with Gasteiger partial charge in [0.1, 0.15) is 12.4 Å². The Bertz CT molecular complexity index is 1080. The number of amides is 1. The van der Waals surface area contributed by atoms with Gasteiger partial charge in [0.15, 0.2) is 0 Å². The van der Waals surface area contributed by atoms with Crippen LogP contribution in [0, 0.1) is 17.1 Å². The highest BCUT2D eigenvalue weighted by Crippen LogP contribution is 2.28. The molecule has 1 aromatic heterocycles. The van der Waals surface area contributed by atoms with Gasteiger partial charge in [-0.25, -0.2) is 4.39 Å². The predicted octanol–water partition coefficient (Wildman–Crippen LogP) is 3.84. The molecule has 1 fully saturated rings. The van der Waals surface area contributed by atoms with E-state index in [1.165, 1.54) is 23.1 Å². The van der Waals surface area contributed by atoms with E-state index in [-0.39, 0.29) is 24.7 Å². The Balaban J connectivity index is 1.36. The number of aromatic nitrogens is 1. The lowest BCUT2D eigenvalue weighted by Gasteiger charge is -2.33. The topological polar surface area (TPSA) is 61.1 Å². The van der Waals surface area contributed by atoms with Gasteiger partial charge >= 0.3 is 0 Å². The Morgan fingerprint density at radius 2 is 1.84 bits per heavy atom. The van der Waals surface area contributed by atoms with Gasteiger partial charge in [0, 0.05) is 37.4 Å². The Kier molecular flexibility index (Phi) is 6.63. The molecule has 1 aliphatic rings. The average Bonchev–Trinajstić information content (AvgIpc) is 3.21. The molecule has 160 valence electrons. The molecule has 2 aromatic carbocycles. The molecule has 0 radical (unpaired) electrons. The van der Waals surface area contributed by atoms with Crippen LogP contribution in [0.3, 0.4) is 0 Å². The van der Waals surface area contributed by atoms with Crippen molar-refractivity contribution >= 4 is 16.8 Å². The molecule has 4 rings (SSSR count). The van der Waals surface area contributed by atoms with Gasteiger partial charge in [-0.15, -0.1) is 0 Å². The van der Waals surface area contributed by atoms with Crippen molar-refractivity contribution in [2.45, 2.75) is 31.7 Å². The van der Waals surface area contributed by atoms with Crippen LogP contribution in [-0.4, -0.2) is 41.6 Å². The van der Waals surface area contributed by atoms with Crippen LogP contribution in [0.4, 0.5) is 4.39 Å². The summed E-state index contributed by atoms with van der Waals surface area (Å²) >= 11 is 0. The smallest absolute Gasteiger partial charge is 0.225 e. The molecule has 5 nitrogen and oxygen atoms in total. The molecule has 3 aromatic rings. The standard InChI is InChI=1S/C25H27FN4O/c26-22-5-2-19(3-6-22)7-13-29-14-9-23(10-15-29)30-16-8-21-4-1-20(17-24(21)30)18-25(31)28-12-11-27/h1-6,8,16-17,23H,7,9-10,12-15,18H2,(H,28,31). The second kappa shape index (κ2) is 9.76. The second-order valence-corrected chi connectivity index (χ2v) is 8.18. The number of likely N-dealkylation sites (tertiary alicyclic amines) is 1. The molecule has 0 atom stereocenters. The van der Waals surface area contributed by atoms with Gasteiger partial charge in [0.05, 0.1) is 12.5 Å². The van der Waals surface area contributed by atoms with Crippen LogP contribution >= 0.6 is 0 Å². The van der Waals surface area contributed by atoms with Crippen LogP contribution in [0.15, 0.2) is 54.7 Å². The number of rotatable bonds is 7. The lowest BCUT2D eigenvalue weighted by molar-refractivity contribution is -0.120. The normalized spacial score (nSPS) is 15.1. The third-order valence-electron chi connectivity index (χ3n) is 6.10. The highest BCUT2D eigenvalue weighted by atomic mass is 19.1. The number of nitrogens with one attached hydrogen (secondary N) is 1. The minimum absolute atomic E-state index is 0.0389. The van der Waals surface area contributed by atoms with E-state index in [0.717, 1.165) is 50.0 Å². The summed E-state index contributed by atoms with van der Waals surface area (Å²) in [5, 5.41) is 12.4. The van der Waals surface area contributed by atoms with Crippen molar-refractivity contribution in [3.63, 3.8) is 0 Å². The van der Waals surface area contributed by atoms with Crippen molar-refractivity contribution in [1.29, 1.82) is 5.26 Å². The number of carbonyl (C=O) groups excluding carboxylic acids is 1. The first kappa shape index (κ1) is 21.1. The maximum atomic E-state index is 13.1. The maximum Gasteiger partial charge on any atom is 0.225 e. The highest BCUT2D eigenvalue weighted by molar-refractivity contribution is 5.84. The summed E-state index contributed by atoms with van der Waals surface area (Å²) in [6, 6.07) is 17.5. The van der Waals surface area contributed by atoms with Crippen LogP contribution in [0.25, 0.3) is 10.9 Å². The fourth-order valence-electron chi connectivity index (χ4n) is 4.37. The molecule has 1 amide bonds. The summed E-state index contributed by atoms with van der Waals surface area (Å²) < 4.78 is 15.4. The number of hydrogen-bond acceptors (Lipinski definition) is 3. The summed E-state index contributed by atoms with van der Waals surface area (Å²) in [6.07, 6.45) is 5.54. The Hall–Kier alpha value is -3.17. The van der Waals surface area contributed by atoms with E-state index in [4.69, 9.17) is 5.26 Å². The first-order chi connectivity index (χ1) is 15.1. The summed E-state index contributed by atoms with van der Waals surface area (Å²) in [4.78, 5) is 14.4. The van der Waals surface area contributed by atoms with E-state index >= 15 is 0 Å². The van der Waals surface area contributed by atoms with Crippen LogP contribution in [0.5, 0.6) is 0 Å². The molecule has 2 heterocycles. The van der Waals surface area contributed by atoms with Crippen molar-refractivity contribution in [1.82, 2.24) is 14.8 Å². The van der Waals surface area contributed by atoms with E-state index < -0.39 is 0 Å². The number of nitrogens with zero attached hydrogens (tertiary/aromatic N) is 3. The minimum atomic E-state index is -0.186. The lowest BCUT2D eigenvalue weighted by atomic mass is 10.0. The van der Waals surface area contributed by atoms with E-state index in [0.29, 0.717) is 6.04 Å². The molecule has 1 saturated heterocycles. The molecule has 0 saturated carbocycles. The van der Waals surface area contributed by atoms with E-state index in [1.54, 1.807) is 0 Å². The highest BCUT2D eigenvalue weighted by Gasteiger charge is 2.21.